The maximum Gasteiger partial charge on any atom is 0.269 e. The first-order valence-corrected chi connectivity index (χ1v) is 6.38. The topological polar surface area (TPSA) is 46.9 Å². The minimum absolute atomic E-state index is 0.188. The molecule has 0 aliphatic rings. The fourth-order valence-corrected chi connectivity index (χ4v) is 2.22. The van der Waals surface area contributed by atoms with Crippen LogP contribution in [0.5, 0.6) is 0 Å². The van der Waals surface area contributed by atoms with E-state index in [0.717, 1.165) is 5.56 Å². The molecule has 0 saturated carbocycles. The zero-order valence-corrected chi connectivity index (χ0v) is 11.4. The number of halogens is 1. The number of nitrogens with one attached hydrogen (secondary N) is 1. The number of aryl methyl sites for hydroxylation is 1. The van der Waals surface area contributed by atoms with Crippen molar-refractivity contribution in [1.82, 2.24) is 15.1 Å². The summed E-state index contributed by atoms with van der Waals surface area (Å²) >= 11 is 7.37. The Morgan fingerprint density at radius 2 is 2.33 bits per heavy atom. The SMILES string of the molecule is CNC(=O)c1cc(C#Cc2ccsc2Cl)nn1C. The highest BCUT2D eigenvalue weighted by atomic mass is 35.5. The van der Waals surface area contributed by atoms with Crippen molar-refractivity contribution in [1.29, 1.82) is 0 Å². The van der Waals surface area contributed by atoms with Crippen LogP contribution in [0, 0.1) is 11.8 Å². The smallest absolute Gasteiger partial charge is 0.269 e. The number of rotatable bonds is 1. The van der Waals surface area contributed by atoms with Crippen molar-refractivity contribution in [3.05, 3.63) is 38.8 Å². The number of nitrogens with zero attached hydrogens (tertiary/aromatic N) is 2. The molecule has 4 nitrogen and oxygen atoms in total. The molecule has 0 saturated heterocycles. The number of thiophene rings is 1. The standard InChI is InChI=1S/C12H10ClN3OS/c1-14-12(17)10-7-9(15-16(10)2)4-3-8-5-6-18-11(8)13/h5-7H,1-2H3,(H,14,17). The van der Waals surface area contributed by atoms with E-state index in [2.05, 4.69) is 22.3 Å². The van der Waals surface area contributed by atoms with Crippen molar-refractivity contribution in [3.8, 4) is 11.8 Å². The fraction of sp³-hybridized carbons (Fsp3) is 0.167. The van der Waals surface area contributed by atoms with Gasteiger partial charge < -0.3 is 5.32 Å². The lowest BCUT2D eigenvalue weighted by Crippen LogP contribution is -2.20. The van der Waals surface area contributed by atoms with Gasteiger partial charge in [0.15, 0.2) is 0 Å². The molecule has 0 aliphatic carbocycles. The summed E-state index contributed by atoms with van der Waals surface area (Å²) in [5, 5.41) is 8.57. The minimum Gasteiger partial charge on any atom is -0.354 e. The molecule has 0 aromatic carbocycles. The van der Waals surface area contributed by atoms with E-state index in [1.807, 2.05) is 11.4 Å². The number of carbonyl (C=O) groups excluding carboxylic acids is 1. The molecule has 92 valence electrons. The zero-order valence-electron chi connectivity index (χ0n) is 9.82. The average molecular weight is 280 g/mol. The average Bonchev–Trinajstić information content (AvgIpc) is 2.92. The minimum atomic E-state index is -0.188. The van der Waals surface area contributed by atoms with Crippen LogP contribution in [-0.4, -0.2) is 22.7 Å². The van der Waals surface area contributed by atoms with Crippen LogP contribution >= 0.6 is 22.9 Å². The lowest BCUT2D eigenvalue weighted by atomic mass is 10.3. The van der Waals surface area contributed by atoms with Crippen LogP contribution in [0.1, 0.15) is 21.7 Å². The van der Waals surface area contributed by atoms with E-state index in [-0.39, 0.29) is 5.91 Å². The van der Waals surface area contributed by atoms with Crippen LogP contribution < -0.4 is 5.32 Å². The molecule has 0 radical (unpaired) electrons. The molecule has 0 aliphatic heterocycles. The first kappa shape index (κ1) is 12.7. The van der Waals surface area contributed by atoms with Gasteiger partial charge in [0.1, 0.15) is 15.7 Å². The van der Waals surface area contributed by atoms with Gasteiger partial charge in [-0.05, 0) is 17.4 Å². The van der Waals surface area contributed by atoms with Crippen molar-refractivity contribution in [3.63, 3.8) is 0 Å². The third-order valence-corrected chi connectivity index (χ3v) is 3.45. The monoisotopic (exact) mass is 279 g/mol. The number of amides is 1. The molecule has 6 heteroatoms. The van der Waals surface area contributed by atoms with E-state index in [0.29, 0.717) is 15.7 Å². The summed E-state index contributed by atoms with van der Waals surface area (Å²) in [5.41, 5.74) is 1.78. The van der Waals surface area contributed by atoms with Crippen LogP contribution in [0.15, 0.2) is 17.5 Å². The lowest BCUT2D eigenvalue weighted by Gasteiger charge is -1.97. The highest BCUT2D eigenvalue weighted by Crippen LogP contribution is 2.21. The fourth-order valence-electron chi connectivity index (χ4n) is 1.38. The Kier molecular flexibility index (Phi) is 3.70. The van der Waals surface area contributed by atoms with E-state index < -0.39 is 0 Å². The second kappa shape index (κ2) is 5.25. The molecule has 2 aromatic rings. The first-order chi connectivity index (χ1) is 8.61. The summed E-state index contributed by atoms with van der Waals surface area (Å²) in [7, 11) is 3.28. The zero-order chi connectivity index (χ0) is 13.1. The molecule has 0 bridgehead atoms. The largest absolute Gasteiger partial charge is 0.354 e. The van der Waals surface area contributed by atoms with Crippen LogP contribution in [0.3, 0.4) is 0 Å². The van der Waals surface area contributed by atoms with E-state index in [9.17, 15) is 4.79 Å². The Morgan fingerprint density at radius 1 is 1.56 bits per heavy atom. The quantitative estimate of drug-likeness (QED) is 0.811. The van der Waals surface area contributed by atoms with Gasteiger partial charge in [-0.3, -0.25) is 9.48 Å². The maximum absolute atomic E-state index is 11.5. The molecule has 0 unspecified atom stereocenters. The third-order valence-electron chi connectivity index (χ3n) is 2.28. The van der Waals surface area contributed by atoms with Gasteiger partial charge in [0.2, 0.25) is 0 Å². The molecule has 2 rings (SSSR count). The number of carbonyl (C=O) groups is 1. The van der Waals surface area contributed by atoms with Crippen molar-refractivity contribution in [2.24, 2.45) is 7.05 Å². The molecule has 2 aromatic heterocycles. The summed E-state index contributed by atoms with van der Waals surface area (Å²) in [6, 6.07) is 3.49. The second-order valence-corrected chi connectivity index (χ2v) is 4.99. The molecule has 2 heterocycles. The third kappa shape index (κ3) is 2.55. The first-order valence-electron chi connectivity index (χ1n) is 5.13. The predicted octanol–water partition coefficient (Wildman–Crippen LogP) is 1.89. The van der Waals surface area contributed by atoms with Gasteiger partial charge in [0.25, 0.3) is 5.91 Å². The van der Waals surface area contributed by atoms with Crippen LogP contribution in [0.2, 0.25) is 4.34 Å². The second-order valence-electron chi connectivity index (χ2n) is 3.48. The Morgan fingerprint density at radius 3 is 2.94 bits per heavy atom. The van der Waals surface area contributed by atoms with Gasteiger partial charge in [0, 0.05) is 20.2 Å². The summed E-state index contributed by atoms with van der Waals surface area (Å²) in [6.07, 6.45) is 0. The number of hydrogen-bond donors (Lipinski definition) is 1. The van der Waals surface area contributed by atoms with Crippen molar-refractivity contribution < 1.29 is 4.79 Å². The van der Waals surface area contributed by atoms with E-state index in [1.54, 1.807) is 20.2 Å². The maximum atomic E-state index is 11.5. The summed E-state index contributed by atoms with van der Waals surface area (Å²) < 4.78 is 2.16. The Labute approximate surface area is 114 Å². The Balaban J connectivity index is 2.29. The lowest BCUT2D eigenvalue weighted by molar-refractivity contribution is 0.0954. The number of aromatic nitrogens is 2. The van der Waals surface area contributed by atoms with Gasteiger partial charge in [-0.15, -0.1) is 11.3 Å². The highest BCUT2D eigenvalue weighted by Gasteiger charge is 2.10. The Hall–Kier alpha value is -1.77. The molecular formula is C12H10ClN3OS. The molecular weight excluding hydrogens is 270 g/mol. The van der Waals surface area contributed by atoms with Crippen molar-refractivity contribution in [2.75, 3.05) is 7.05 Å². The van der Waals surface area contributed by atoms with E-state index >= 15 is 0 Å². The van der Waals surface area contributed by atoms with Gasteiger partial charge >= 0.3 is 0 Å². The van der Waals surface area contributed by atoms with Crippen molar-refractivity contribution >= 4 is 28.8 Å². The molecule has 1 amide bonds. The van der Waals surface area contributed by atoms with Crippen LogP contribution in [-0.2, 0) is 7.05 Å². The normalized spacial score (nSPS) is 9.72. The Bertz CT molecular complexity index is 648. The highest BCUT2D eigenvalue weighted by molar-refractivity contribution is 7.14. The van der Waals surface area contributed by atoms with Gasteiger partial charge in [0.05, 0.1) is 5.56 Å². The summed E-state index contributed by atoms with van der Waals surface area (Å²) in [5.74, 6) is 5.63. The van der Waals surface area contributed by atoms with E-state index in [1.165, 1.54) is 16.0 Å². The summed E-state index contributed by atoms with van der Waals surface area (Å²) in [6.45, 7) is 0. The number of hydrogen-bond acceptors (Lipinski definition) is 3. The van der Waals surface area contributed by atoms with Gasteiger partial charge in [-0.2, -0.15) is 5.10 Å². The molecule has 1 N–H and O–H groups in total. The molecule has 0 spiro atoms. The van der Waals surface area contributed by atoms with Crippen molar-refractivity contribution in [2.45, 2.75) is 0 Å². The van der Waals surface area contributed by atoms with E-state index in [4.69, 9.17) is 11.6 Å². The van der Waals surface area contributed by atoms with Crippen LogP contribution in [0.4, 0.5) is 0 Å². The molecule has 0 fully saturated rings. The van der Waals surface area contributed by atoms with Gasteiger partial charge in [-0.1, -0.05) is 17.5 Å². The summed E-state index contributed by atoms with van der Waals surface area (Å²) in [4.78, 5) is 11.5. The predicted molar refractivity (Wildman–Crippen MR) is 71.9 cm³/mol. The molecule has 0 atom stereocenters. The molecule has 18 heavy (non-hydrogen) atoms. The van der Waals surface area contributed by atoms with Gasteiger partial charge in [-0.25, -0.2) is 0 Å². The van der Waals surface area contributed by atoms with Crippen LogP contribution in [0.25, 0.3) is 0 Å².